The predicted molar refractivity (Wildman–Crippen MR) is 52.3 cm³/mol. The number of thioether (sulfide) groups is 1. The first-order chi connectivity index (χ1) is 5.70. The molecule has 0 bridgehead atoms. The zero-order chi connectivity index (χ0) is 9.40. The molecule has 0 aromatic carbocycles. The molecular formula is C8H17NO2S. The molecule has 0 radical (unpaired) electrons. The lowest BCUT2D eigenvalue weighted by atomic mass is 10.3. The largest absolute Gasteiger partial charge is 0.392 e. The van der Waals surface area contributed by atoms with Gasteiger partial charge in [-0.25, -0.2) is 0 Å². The maximum atomic E-state index is 10.9. The van der Waals surface area contributed by atoms with Crippen molar-refractivity contribution in [3.63, 3.8) is 0 Å². The van der Waals surface area contributed by atoms with Gasteiger partial charge in [-0.3, -0.25) is 4.79 Å². The zero-order valence-electron chi connectivity index (χ0n) is 7.67. The van der Waals surface area contributed by atoms with Gasteiger partial charge in [0.25, 0.3) is 0 Å². The molecule has 12 heavy (non-hydrogen) atoms. The molecular weight excluding hydrogens is 174 g/mol. The van der Waals surface area contributed by atoms with Crippen LogP contribution in [0.1, 0.15) is 20.3 Å². The van der Waals surface area contributed by atoms with Crippen LogP contribution in [0.5, 0.6) is 0 Å². The Morgan fingerprint density at radius 1 is 1.58 bits per heavy atom. The summed E-state index contributed by atoms with van der Waals surface area (Å²) in [5.41, 5.74) is 0. The highest BCUT2D eigenvalue weighted by atomic mass is 32.2. The van der Waals surface area contributed by atoms with Crippen molar-refractivity contribution in [3.8, 4) is 0 Å². The molecule has 1 unspecified atom stereocenters. The maximum Gasteiger partial charge on any atom is 0.229 e. The summed E-state index contributed by atoms with van der Waals surface area (Å²) in [6.07, 6.45) is 0.479. The van der Waals surface area contributed by atoms with Crippen molar-refractivity contribution in [1.29, 1.82) is 0 Å². The summed E-state index contributed by atoms with van der Waals surface area (Å²) in [5, 5.41) is 11.8. The van der Waals surface area contributed by atoms with E-state index in [4.69, 9.17) is 5.11 Å². The second kappa shape index (κ2) is 7.43. The second-order valence-electron chi connectivity index (χ2n) is 2.53. The average Bonchev–Trinajstić information content (AvgIpc) is 2.04. The molecule has 0 aliphatic carbocycles. The fourth-order valence-electron chi connectivity index (χ4n) is 0.654. The van der Waals surface area contributed by atoms with Crippen molar-refractivity contribution in [1.82, 2.24) is 5.32 Å². The minimum Gasteiger partial charge on any atom is -0.392 e. The Morgan fingerprint density at radius 3 is 2.75 bits per heavy atom. The lowest BCUT2D eigenvalue weighted by Crippen LogP contribution is -2.25. The van der Waals surface area contributed by atoms with Crippen LogP contribution in [0.25, 0.3) is 0 Å². The van der Waals surface area contributed by atoms with E-state index < -0.39 is 0 Å². The molecule has 1 amide bonds. The van der Waals surface area contributed by atoms with Gasteiger partial charge in [-0.1, -0.05) is 6.92 Å². The van der Waals surface area contributed by atoms with Crippen LogP contribution in [-0.4, -0.2) is 35.2 Å². The van der Waals surface area contributed by atoms with Crippen LogP contribution in [-0.2, 0) is 4.79 Å². The number of hydrogen-bond acceptors (Lipinski definition) is 3. The van der Waals surface area contributed by atoms with Gasteiger partial charge < -0.3 is 10.4 Å². The smallest absolute Gasteiger partial charge is 0.229 e. The quantitative estimate of drug-likeness (QED) is 0.647. The van der Waals surface area contributed by atoms with Gasteiger partial charge >= 0.3 is 0 Å². The lowest BCUT2D eigenvalue weighted by Gasteiger charge is -2.06. The van der Waals surface area contributed by atoms with Crippen molar-refractivity contribution in [2.24, 2.45) is 0 Å². The van der Waals surface area contributed by atoms with Crippen LogP contribution in [0, 0.1) is 0 Å². The standard InChI is InChI=1S/C8H17NO2S/c1-3-7(10)5-12-6-8(11)9-4-2/h7,10H,3-6H2,1-2H3,(H,9,11). The van der Waals surface area contributed by atoms with Crippen molar-refractivity contribution >= 4 is 17.7 Å². The highest BCUT2D eigenvalue weighted by Gasteiger charge is 2.03. The topological polar surface area (TPSA) is 49.3 Å². The normalized spacial score (nSPS) is 12.6. The molecule has 0 fully saturated rings. The van der Waals surface area contributed by atoms with Gasteiger partial charge in [-0.15, -0.1) is 11.8 Å². The van der Waals surface area contributed by atoms with E-state index in [1.807, 2.05) is 13.8 Å². The fourth-order valence-corrected chi connectivity index (χ4v) is 1.57. The molecule has 1 atom stereocenters. The van der Waals surface area contributed by atoms with E-state index in [2.05, 4.69) is 5.32 Å². The number of carbonyl (C=O) groups excluding carboxylic acids is 1. The number of hydrogen-bond donors (Lipinski definition) is 2. The predicted octanol–water partition coefficient (Wildman–Crippen LogP) is 0.627. The summed E-state index contributed by atoms with van der Waals surface area (Å²) in [6, 6.07) is 0. The summed E-state index contributed by atoms with van der Waals surface area (Å²) in [7, 11) is 0. The monoisotopic (exact) mass is 191 g/mol. The van der Waals surface area contributed by atoms with Crippen LogP contribution in [0.4, 0.5) is 0 Å². The Morgan fingerprint density at radius 2 is 2.25 bits per heavy atom. The first-order valence-electron chi connectivity index (χ1n) is 4.23. The first-order valence-corrected chi connectivity index (χ1v) is 5.38. The summed E-state index contributed by atoms with van der Waals surface area (Å²) < 4.78 is 0. The van der Waals surface area contributed by atoms with Crippen LogP contribution >= 0.6 is 11.8 Å². The Kier molecular flexibility index (Phi) is 7.29. The molecule has 0 spiro atoms. The Labute approximate surface area is 77.9 Å². The van der Waals surface area contributed by atoms with Crippen LogP contribution in [0.2, 0.25) is 0 Å². The molecule has 0 aromatic heterocycles. The third-order valence-corrected chi connectivity index (χ3v) is 2.48. The van der Waals surface area contributed by atoms with Gasteiger partial charge in [-0.2, -0.15) is 0 Å². The van der Waals surface area contributed by atoms with E-state index in [9.17, 15) is 4.79 Å². The maximum absolute atomic E-state index is 10.9. The van der Waals surface area contributed by atoms with Crippen molar-refractivity contribution in [2.45, 2.75) is 26.4 Å². The van der Waals surface area contributed by atoms with E-state index in [0.717, 1.165) is 6.42 Å². The molecule has 3 nitrogen and oxygen atoms in total. The van der Waals surface area contributed by atoms with Gasteiger partial charge in [0.2, 0.25) is 5.91 Å². The molecule has 0 aromatic rings. The minimum absolute atomic E-state index is 0.0470. The molecule has 0 heterocycles. The van der Waals surface area contributed by atoms with E-state index in [0.29, 0.717) is 18.1 Å². The number of aliphatic hydroxyl groups excluding tert-OH is 1. The third-order valence-electron chi connectivity index (χ3n) is 1.39. The molecule has 0 rings (SSSR count). The number of rotatable bonds is 6. The number of nitrogens with one attached hydrogen (secondary N) is 1. The lowest BCUT2D eigenvalue weighted by molar-refractivity contribution is -0.118. The average molecular weight is 191 g/mol. The summed E-state index contributed by atoms with van der Waals surface area (Å²) in [5.74, 6) is 1.14. The second-order valence-corrected chi connectivity index (χ2v) is 3.56. The van der Waals surface area contributed by atoms with Crippen LogP contribution in [0.15, 0.2) is 0 Å². The van der Waals surface area contributed by atoms with Crippen LogP contribution < -0.4 is 5.32 Å². The zero-order valence-corrected chi connectivity index (χ0v) is 8.49. The van der Waals surface area contributed by atoms with Gasteiger partial charge in [0.05, 0.1) is 11.9 Å². The van der Waals surface area contributed by atoms with Crippen molar-refractivity contribution < 1.29 is 9.90 Å². The SMILES string of the molecule is CCNC(=O)CSCC(O)CC. The molecule has 4 heteroatoms. The van der Waals surface area contributed by atoms with Crippen molar-refractivity contribution in [2.75, 3.05) is 18.1 Å². The highest BCUT2D eigenvalue weighted by Crippen LogP contribution is 2.04. The van der Waals surface area contributed by atoms with Gasteiger partial charge in [-0.05, 0) is 13.3 Å². The van der Waals surface area contributed by atoms with Crippen molar-refractivity contribution in [3.05, 3.63) is 0 Å². The molecule has 0 saturated carbocycles. The Balaban J connectivity index is 3.24. The number of carbonyl (C=O) groups is 1. The van der Waals surface area contributed by atoms with E-state index in [1.165, 1.54) is 11.8 Å². The highest BCUT2D eigenvalue weighted by molar-refractivity contribution is 7.99. The molecule has 2 N–H and O–H groups in total. The van der Waals surface area contributed by atoms with Gasteiger partial charge in [0.1, 0.15) is 0 Å². The van der Waals surface area contributed by atoms with E-state index in [1.54, 1.807) is 0 Å². The van der Waals surface area contributed by atoms with Gasteiger partial charge in [0.15, 0.2) is 0 Å². The van der Waals surface area contributed by atoms with E-state index in [-0.39, 0.29) is 12.0 Å². The van der Waals surface area contributed by atoms with Gasteiger partial charge in [0, 0.05) is 12.3 Å². The summed E-state index contributed by atoms with van der Waals surface area (Å²) in [4.78, 5) is 10.9. The molecule has 72 valence electrons. The molecule has 0 saturated heterocycles. The van der Waals surface area contributed by atoms with Crippen LogP contribution in [0.3, 0.4) is 0 Å². The molecule has 0 aliphatic heterocycles. The molecule has 0 aliphatic rings. The number of amides is 1. The minimum atomic E-state index is -0.274. The fraction of sp³-hybridized carbons (Fsp3) is 0.875. The first kappa shape index (κ1) is 11.8. The summed E-state index contributed by atoms with van der Waals surface area (Å²) >= 11 is 1.47. The number of aliphatic hydroxyl groups is 1. The Hall–Kier alpha value is -0.220. The third kappa shape index (κ3) is 6.49. The Bertz CT molecular complexity index is 130. The summed E-state index contributed by atoms with van der Waals surface area (Å²) in [6.45, 7) is 4.50. The van der Waals surface area contributed by atoms with E-state index >= 15 is 0 Å².